The van der Waals surface area contributed by atoms with Gasteiger partial charge in [-0.2, -0.15) is 0 Å². The molecule has 0 aliphatic rings. The Kier molecular flexibility index (Phi) is 15.9. The van der Waals surface area contributed by atoms with Gasteiger partial charge in [-0.25, -0.2) is 0 Å². The monoisotopic (exact) mass is 249 g/mol. The van der Waals surface area contributed by atoms with Crippen LogP contribution in [0, 0.1) is 0 Å². The van der Waals surface area contributed by atoms with Crippen molar-refractivity contribution < 1.29 is 0 Å². The van der Waals surface area contributed by atoms with E-state index in [-0.39, 0.29) is 0 Å². The predicted molar refractivity (Wildman–Crippen MR) is 84.9 cm³/mol. The zero-order valence-electron chi connectivity index (χ0n) is 11.1. The molecule has 0 radical (unpaired) electrons. The molecule has 0 aromatic heterocycles. The highest BCUT2D eigenvalue weighted by Crippen LogP contribution is 2.14. The van der Waals surface area contributed by atoms with Gasteiger partial charge in [0.25, 0.3) is 0 Å². The summed E-state index contributed by atoms with van der Waals surface area (Å²) in [5.74, 6) is 0. The van der Waals surface area contributed by atoms with Crippen molar-refractivity contribution in [1.82, 2.24) is 5.09 Å². The van der Waals surface area contributed by atoms with Crippen LogP contribution in [0.15, 0.2) is 61.7 Å². The molecule has 2 heteroatoms. The first kappa shape index (κ1) is 18.2. The van der Waals surface area contributed by atoms with Gasteiger partial charge in [0.05, 0.1) is 0 Å². The second kappa shape index (κ2) is 14.8. The summed E-state index contributed by atoms with van der Waals surface area (Å²) in [6.45, 7) is 11.4. The molecular weight excluding hydrogens is 225 g/mol. The first-order valence-electron chi connectivity index (χ1n) is 5.68. The van der Waals surface area contributed by atoms with Crippen LogP contribution in [-0.2, 0) is 0 Å². The predicted octanol–water partition coefficient (Wildman–Crippen LogP) is 4.46. The van der Waals surface area contributed by atoms with E-state index in [0.29, 0.717) is 0 Å². The van der Waals surface area contributed by atoms with Crippen LogP contribution in [0.25, 0.3) is 5.57 Å². The number of allylic oxidation sites excluding steroid dienone is 4. The fourth-order valence-corrected chi connectivity index (χ4v) is 1.04. The molecule has 0 amide bonds. The molecule has 1 aromatic carbocycles. The number of hydrogen-bond acceptors (Lipinski definition) is 1. The molecule has 1 nitrogen and oxygen atoms in total. The van der Waals surface area contributed by atoms with Crippen molar-refractivity contribution in [1.29, 1.82) is 0 Å². The molecule has 0 aliphatic heterocycles. The van der Waals surface area contributed by atoms with Crippen molar-refractivity contribution in [2.75, 3.05) is 7.05 Å². The van der Waals surface area contributed by atoms with Crippen LogP contribution in [0.5, 0.6) is 0 Å². The van der Waals surface area contributed by atoms with Gasteiger partial charge in [0.1, 0.15) is 0 Å². The molecule has 0 saturated carbocycles. The minimum absolute atomic E-state index is 1.10. The van der Waals surface area contributed by atoms with Crippen LogP contribution in [0.1, 0.15) is 19.4 Å². The first-order chi connectivity index (χ1) is 8.29. The van der Waals surface area contributed by atoms with Crippen LogP contribution in [0.2, 0.25) is 0 Å². The SMILES string of the molecule is C=C/C=C(\C=C)c1ccccc1.CC.CNP. The average molecular weight is 249 g/mol. The lowest BCUT2D eigenvalue weighted by Gasteiger charge is -1.99. The van der Waals surface area contributed by atoms with Crippen molar-refractivity contribution in [3.63, 3.8) is 0 Å². The standard InChI is InChI=1S/C12H12.C2H6.CH6NP/c1-3-8-11(4-2)12-9-6-5-7-10-12;1-2;1-2-3/h3-10H,1-2H2;1-2H3;2H,3H2,1H3/b11-8+;;. The maximum Gasteiger partial charge on any atom is -0.0130 e. The van der Waals surface area contributed by atoms with Gasteiger partial charge >= 0.3 is 0 Å². The van der Waals surface area contributed by atoms with E-state index in [1.807, 2.05) is 51.2 Å². The second-order valence-corrected chi connectivity index (χ2v) is 3.29. The molecule has 0 fully saturated rings. The Labute approximate surface area is 109 Å². The van der Waals surface area contributed by atoms with Crippen LogP contribution in [-0.4, -0.2) is 7.05 Å². The quantitative estimate of drug-likeness (QED) is 0.616. The van der Waals surface area contributed by atoms with Gasteiger partial charge in [0.15, 0.2) is 0 Å². The number of rotatable bonds is 3. The van der Waals surface area contributed by atoms with Crippen LogP contribution in [0.3, 0.4) is 0 Å². The van der Waals surface area contributed by atoms with E-state index in [0.717, 1.165) is 5.57 Å². The summed E-state index contributed by atoms with van der Waals surface area (Å²) in [5, 5.41) is 2.67. The molecule has 0 aliphatic carbocycles. The third-order valence-electron chi connectivity index (χ3n) is 1.62. The van der Waals surface area contributed by atoms with E-state index < -0.39 is 0 Å². The van der Waals surface area contributed by atoms with Gasteiger partial charge in [-0.05, 0) is 18.2 Å². The fraction of sp³-hybridized carbons (Fsp3) is 0.200. The van der Waals surface area contributed by atoms with Crippen LogP contribution >= 0.6 is 9.39 Å². The Balaban J connectivity index is 0. The Bertz CT molecular complexity index is 315. The third kappa shape index (κ3) is 9.74. The van der Waals surface area contributed by atoms with Gasteiger partial charge in [0.2, 0.25) is 0 Å². The molecule has 94 valence electrons. The Morgan fingerprint density at radius 3 is 2.00 bits per heavy atom. The highest BCUT2D eigenvalue weighted by Gasteiger charge is 1.92. The van der Waals surface area contributed by atoms with Gasteiger partial charge < -0.3 is 5.09 Å². The zero-order chi connectivity index (χ0) is 13.5. The minimum Gasteiger partial charge on any atom is -0.304 e. The highest BCUT2D eigenvalue weighted by atomic mass is 31.0. The molecule has 1 N–H and O–H groups in total. The summed E-state index contributed by atoms with van der Waals surface area (Å²) in [7, 11) is 4.17. The lowest BCUT2D eigenvalue weighted by Crippen LogP contribution is -1.77. The number of nitrogens with one attached hydrogen (secondary N) is 1. The average Bonchev–Trinajstić information content (AvgIpc) is 2.40. The maximum absolute atomic E-state index is 3.74. The molecule has 1 atom stereocenters. The van der Waals surface area contributed by atoms with Gasteiger partial charge in [-0.15, -0.1) is 0 Å². The molecule has 0 saturated heterocycles. The molecule has 17 heavy (non-hydrogen) atoms. The van der Waals surface area contributed by atoms with Crippen molar-refractivity contribution in [2.45, 2.75) is 13.8 Å². The first-order valence-corrected chi connectivity index (χ1v) is 6.25. The Morgan fingerprint density at radius 1 is 1.18 bits per heavy atom. The van der Waals surface area contributed by atoms with Crippen molar-refractivity contribution in [3.05, 3.63) is 67.3 Å². The van der Waals surface area contributed by atoms with E-state index in [1.54, 1.807) is 6.08 Å². The van der Waals surface area contributed by atoms with Gasteiger partial charge in [0, 0.05) is 0 Å². The molecule has 1 rings (SSSR count). The molecule has 1 aromatic rings. The van der Waals surface area contributed by atoms with Crippen LogP contribution in [0.4, 0.5) is 0 Å². The van der Waals surface area contributed by atoms with E-state index in [9.17, 15) is 0 Å². The van der Waals surface area contributed by atoms with E-state index in [1.165, 1.54) is 5.56 Å². The summed E-state index contributed by atoms with van der Waals surface area (Å²) < 4.78 is 0. The van der Waals surface area contributed by atoms with E-state index >= 15 is 0 Å². The molecule has 0 bridgehead atoms. The second-order valence-electron chi connectivity index (χ2n) is 2.72. The molecular formula is C15H24NP. The fourth-order valence-electron chi connectivity index (χ4n) is 1.04. The summed E-state index contributed by atoms with van der Waals surface area (Å²) in [5.41, 5.74) is 2.28. The normalized spacial score (nSPS) is 9.06. The van der Waals surface area contributed by atoms with E-state index in [4.69, 9.17) is 0 Å². The zero-order valence-corrected chi connectivity index (χ0v) is 12.3. The van der Waals surface area contributed by atoms with E-state index in [2.05, 4.69) is 39.8 Å². The lowest BCUT2D eigenvalue weighted by molar-refractivity contribution is 1.30. The smallest absolute Gasteiger partial charge is 0.0130 e. The largest absolute Gasteiger partial charge is 0.304 e. The summed E-state index contributed by atoms with van der Waals surface area (Å²) in [6.07, 6.45) is 5.54. The minimum atomic E-state index is 1.10. The Morgan fingerprint density at radius 2 is 1.65 bits per heavy atom. The van der Waals surface area contributed by atoms with Crippen LogP contribution < -0.4 is 5.09 Å². The maximum atomic E-state index is 3.74. The molecule has 1 unspecified atom stereocenters. The molecule has 0 heterocycles. The van der Waals surface area contributed by atoms with Crippen molar-refractivity contribution in [2.24, 2.45) is 0 Å². The topological polar surface area (TPSA) is 12.0 Å². The highest BCUT2D eigenvalue weighted by molar-refractivity contribution is 7.13. The number of benzene rings is 1. The summed E-state index contributed by atoms with van der Waals surface area (Å²) in [6, 6.07) is 10.1. The Hall–Kier alpha value is -1.17. The van der Waals surface area contributed by atoms with Gasteiger partial charge in [-0.3, -0.25) is 0 Å². The summed E-state index contributed by atoms with van der Waals surface area (Å²) >= 11 is 0. The van der Waals surface area contributed by atoms with Crippen molar-refractivity contribution >= 4 is 15.0 Å². The van der Waals surface area contributed by atoms with Gasteiger partial charge in [-0.1, -0.05) is 85.0 Å². The number of hydrogen-bond donors (Lipinski definition) is 1. The lowest BCUT2D eigenvalue weighted by atomic mass is 10.1. The molecule has 0 spiro atoms. The van der Waals surface area contributed by atoms with Crippen molar-refractivity contribution in [3.8, 4) is 0 Å². The summed E-state index contributed by atoms with van der Waals surface area (Å²) in [4.78, 5) is 0. The third-order valence-corrected chi connectivity index (χ3v) is 1.62.